The molecule has 0 fully saturated rings. The van der Waals surface area contributed by atoms with Gasteiger partial charge in [0.05, 0.1) is 24.6 Å². The number of hydrogen-bond acceptors (Lipinski definition) is 4. The van der Waals surface area contributed by atoms with Crippen LogP contribution < -0.4 is 4.74 Å². The molecule has 0 saturated heterocycles. The smallest absolute Gasteiger partial charge is 0.193 e. The van der Waals surface area contributed by atoms with E-state index in [9.17, 15) is 4.79 Å². The average Bonchev–Trinajstić information content (AvgIpc) is 3.23. The Balaban J connectivity index is 1.81. The second-order valence-corrected chi connectivity index (χ2v) is 6.46. The van der Waals surface area contributed by atoms with E-state index in [1.807, 2.05) is 67.7 Å². The molecule has 138 valence electrons. The third kappa shape index (κ3) is 3.30. The van der Waals surface area contributed by atoms with Crippen LogP contribution in [0.1, 0.15) is 21.5 Å². The molecule has 4 rings (SSSR count). The lowest BCUT2D eigenvalue weighted by Crippen LogP contribution is -2.05. The van der Waals surface area contributed by atoms with Crippen molar-refractivity contribution in [3.63, 3.8) is 0 Å². The van der Waals surface area contributed by atoms with Crippen molar-refractivity contribution in [3.05, 3.63) is 95.7 Å². The number of ketones is 1. The number of aryl methyl sites for hydroxylation is 1. The molecule has 28 heavy (non-hydrogen) atoms. The number of hydrogen-bond donors (Lipinski definition) is 0. The number of carbonyl (C=O) groups excluding carboxylic acids is 1. The van der Waals surface area contributed by atoms with Crippen LogP contribution in [0.3, 0.4) is 0 Å². The Bertz CT molecular complexity index is 1120. The van der Waals surface area contributed by atoms with Gasteiger partial charge >= 0.3 is 0 Å². The first-order valence-corrected chi connectivity index (χ1v) is 8.94. The van der Waals surface area contributed by atoms with E-state index in [1.165, 1.54) is 5.56 Å². The van der Waals surface area contributed by atoms with E-state index in [0.29, 0.717) is 28.1 Å². The molecule has 0 saturated carbocycles. The summed E-state index contributed by atoms with van der Waals surface area (Å²) in [7, 11) is 1.58. The predicted octanol–water partition coefficient (Wildman–Crippen LogP) is 4.48. The lowest BCUT2D eigenvalue weighted by atomic mass is 9.96. The van der Waals surface area contributed by atoms with Crippen molar-refractivity contribution < 1.29 is 9.53 Å². The first kappa shape index (κ1) is 17.7. The average molecular weight is 369 g/mol. The Labute approximate surface area is 163 Å². The molecule has 5 heteroatoms. The van der Waals surface area contributed by atoms with Crippen molar-refractivity contribution in [2.24, 2.45) is 0 Å². The maximum atomic E-state index is 13.1. The topological polar surface area (TPSA) is 57.0 Å². The fraction of sp³-hybridized carbons (Fsp3) is 0.0870. The molecule has 0 aliphatic heterocycles. The van der Waals surface area contributed by atoms with Crippen LogP contribution in [0.25, 0.3) is 16.9 Å². The van der Waals surface area contributed by atoms with Crippen LogP contribution in [0.2, 0.25) is 0 Å². The zero-order valence-electron chi connectivity index (χ0n) is 15.7. The van der Waals surface area contributed by atoms with E-state index in [0.717, 1.165) is 5.69 Å². The highest BCUT2D eigenvalue weighted by Crippen LogP contribution is 2.33. The number of nitrogens with zero attached hydrogens (tertiary/aromatic N) is 3. The summed E-state index contributed by atoms with van der Waals surface area (Å²) in [6.07, 6.45) is 1.81. The zero-order chi connectivity index (χ0) is 19.5. The van der Waals surface area contributed by atoms with Gasteiger partial charge in [-0.15, -0.1) is 5.10 Å². The molecular weight excluding hydrogens is 350 g/mol. The van der Waals surface area contributed by atoms with E-state index in [1.54, 1.807) is 30.0 Å². The lowest BCUT2D eigenvalue weighted by molar-refractivity contribution is 0.103. The Morgan fingerprint density at radius 2 is 1.68 bits per heavy atom. The molecular formula is C23H19N3O2. The predicted molar refractivity (Wildman–Crippen MR) is 108 cm³/mol. The number of carbonyl (C=O) groups is 1. The van der Waals surface area contributed by atoms with Crippen LogP contribution in [0, 0.1) is 6.92 Å². The largest absolute Gasteiger partial charge is 0.496 e. The number of methoxy groups -OCH3 is 1. The maximum absolute atomic E-state index is 13.1. The Hall–Kier alpha value is -3.73. The second-order valence-electron chi connectivity index (χ2n) is 6.46. The van der Waals surface area contributed by atoms with Gasteiger partial charge in [-0.1, -0.05) is 65.4 Å². The van der Waals surface area contributed by atoms with Gasteiger partial charge in [-0.3, -0.25) is 4.79 Å². The standard InChI is InChI=1S/C23H19N3O2/c1-16-11-13-18(14-12-16)26-15-20(24-25-26)22-19(9-6-10-21(22)28-2)23(27)17-7-4-3-5-8-17/h3-15H,1-2H3. The van der Waals surface area contributed by atoms with Crippen LogP contribution in [0.4, 0.5) is 0 Å². The van der Waals surface area contributed by atoms with Crippen LogP contribution in [-0.2, 0) is 0 Å². The highest BCUT2D eigenvalue weighted by molar-refractivity contribution is 6.13. The minimum absolute atomic E-state index is 0.0839. The number of rotatable bonds is 5. The van der Waals surface area contributed by atoms with Crippen molar-refractivity contribution in [3.8, 4) is 22.7 Å². The number of aromatic nitrogens is 3. The number of benzene rings is 3. The Morgan fingerprint density at radius 3 is 2.39 bits per heavy atom. The summed E-state index contributed by atoms with van der Waals surface area (Å²) in [5.41, 5.74) is 4.43. The van der Waals surface area contributed by atoms with Crippen LogP contribution in [0.5, 0.6) is 5.75 Å². The van der Waals surface area contributed by atoms with Gasteiger partial charge in [0, 0.05) is 11.1 Å². The summed E-state index contributed by atoms with van der Waals surface area (Å²) in [4.78, 5) is 13.1. The quantitative estimate of drug-likeness (QED) is 0.487. The highest BCUT2D eigenvalue weighted by atomic mass is 16.5. The van der Waals surface area contributed by atoms with Crippen molar-refractivity contribution in [1.82, 2.24) is 15.0 Å². The normalized spacial score (nSPS) is 10.6. The van der Waals surface area contributed by atoms with Crippen LogP contribution in [0.15, 0.2) is 79.0 Å². The van der Waals surface area contributed by atoms with Crippen molar-refractivity contribution in [2.45, 2.75) is 6.92 Å². The lowest BCUT2D eigenvalue weighted by Gasteiger charge is -2.11. The molecule has 1 aromatic heterocycles. The van der Waals surface area contributed by atoms with E-state index < -0.39 is 0 Å². The van der Waals surface area contributed by atoms with E-state index in [-0.39, 0.29) is 5.78 Å². The monoisotopic (exact) mass is 369 g/mol. The van der Waals surface area contributed by atoms with Gasteiger partial charge in [0.1, 0.15) is 11.4 Å². The van der Waals surface area contributed by atoms with Gasteiger partial charge in [0.15, 0.2) is 5.78 Å². The molecule has 0 N–H and O–H groups in total. The van der Waals surface area contributed by atoms with E-state index in [2.05, 4.69) is 10.3 Å². The summed E-state index contributed by atoms with van der Waals surface area (Å²) >= 11 is 0. The Kier molecular flexibility index (Phi) is 4.72. The van der Waals surface area contributed by atoms with Gasteiger partial charge in [0.25, 0.3) is 0 Å². The van der Waals surface area contributed by atoms with Crippen LogP contribution >= 0.6 is 0 Å². The first-order valence-electron chi connectivity index (χ1n) is 8.94. The van der Waals surface area contributed by atoms with Gasteiger partial charge in [-0.25, -0.2) is 4.68 Å². The minimum Gasteiger partial charge on any atom is -0.496 e. The minimum atomic E-state index is -0.0839. The van der Waals surface area contributed by atoms with Gasteiger partial charge < -0.3 is 4.74 Å². The molecule has 3 aromatic carbocycles. The summed E-state index contributed by atoms with van der Waals surface area (Å²) in [5, 5.41) is 8.55. The van der Waals surface area contributed by atoms with Crippen LogP contribution in [-0.4, -0.2) is 27.9 Å². The van der Waals surface area contributed by atoms with E-state index >= 15 is 0 Å². The van der Waals surface area contributed by atoms with Crippen molar-refractivity contribution >= 4 is 5.78 Å². The van der Waals surface area contributed by atoms with Gasteiger partial charge in [0.2, 0.25) is 0 Å². The molecule has 0 atom stereocenters. The summed E-state index contributed by atoms with van der Waals surface area (Å²) in [6, 6.07) is 22.6. The third-order valence-corrected chi connectivity index (χ3v) is 4.57. The van der Waals surface area contributed by atoms with Crippen molar-refractivity contribution in [1.29, 1.82) is 0 Å². The zero-order valence-corrected chi connectivity index (χ0v) is 15.7. The highest BCUT2D eigenvalue weighted by Gasteiger charge is 2.21. The first-order chi connectivity index (χ1) is 13.7. The van der Waals surface area contributed by atoms with Crippen molar-refractivity contribution in [2.75, 3.05) is 7.11 Å². The Morgan fingerprint density at radius 1 is 0.929 bits per heavy atom. The summed E-state index contributed by atoms with van der Waals surface area (Å²) < 4.78 is 7.22. The molecule has 0 aliphatic rings. The maximum Gasteiger partial charge on any atom is 0.193 e. The molecule has 5 nitrogen and oxygen atoms in total. The molecule has 4 aromatic rings. The molecule has 0 radical (unpaired) electrons. The third-order valence-electron chi connectivity index (χ3n) is 4.57. The molecule has 0 unspecified atom stereocenters. The fourth-order valence-electron chi connectivity index (χ4n) is 3.10. The SMILES string of the molecule is COc1cccc(C(=O)c2ccccc2)c1-c1cn(-c2ccc(C)cc2)nn1. The fourth-order valence-corrected chi connectivity index (χ4v) is 3.10. The molecule has 0 spiro atoms. The van der Waals surface area contributed by atoms with Gasteiger partial charge in [-0.2, -0.15) is 0 Å². The summed E-state index contributed by atoms with van der Waals surface area (Å²) in [6.45, 7) is 2.03. The molecule has 0 amide bonds. The molecule has 0 aliphatic carbocycles. The van der Waals surface area contributed by atoms with Gasteiger partial charge in [-0.05, 0) is 25.1 Å². The van der Waals surface area contributed by atoms with E-state index in [4.69, 9.17) is 4.74 Å². The summed E-state index contributed by atoms with van der Waals surface area (Å²) in [5.74, 6) is 0.497. The molecule has 0 bridgehead atoms. The second kappa shape index (κ2) is 7.48. The number of ether oxygens (including phenoxy) is 1. The molecule has 1 heterocycles.